The summed E-state index contributed by atoms with van der Waals surface area (Å²) in [6.45, 7) is 1.25. The molecule has 1 aromatic rings. The Kier molecular flexibility index (Phi) is 9.22. The van der Waals surface area contributed by atoms with E-state index in [2.05, 4.69) is 0 Å². The Morgan fingerprint density at radius 3 is 2.05 bits per heavy atom. The number of aliphatic hydroxyl groups is 5. The number of aromatic hydroxyl groups is 1. The third kappa shape index (κ3) is 3.89. The van der Waals surface area contributed by atoms with E-state index in [0.717, 1.165) is 0 Å². The first kappa shape index (κ1) is 33.6. The summed E-state index contributed by atoms with van der Waals surface area (Å²) >= 11 is 0. The molecule has 4 rings (SSSR count). The van der Waals surface area contributed by atoms with Crippen molar-refractivity contribution >= 4 is 23.2 Å². The lowest BCUT2D eigenvalue weighted by atomic mass is 9.53. The average molecular weight is 532 g/mol. The highest BCUT2D eigenvalue weighted by Crippen LogP contribution is 2.57. The quantitative estimate of drug-likeness (QED) is 0.178. The van der Waals surface area contributed by atoms with Crippen LogP contribution in [0.5, 0.6) is 5.75 Å². The Hall–Kier alpha value is -3.41. The van der Waals surface area contributed by atoms with Gasteiger partial charge in [0, 0.05) is 0 Å². The van der Waals surface area contributed by atoms with Gasteiger partial charge in [0.15, 0.2) is 11.4 Å². The van der Waals surface area contributed by atoms with Gasteiger partial charge in [-0.2, -0.15) is 0 Å². The third-order valence-electron chi connectivity index (χ3n) is 7.03. The molecule has 3 aliphatic carbocycles. The Bertz CT molecular complexity index is 1190. The van der Waals surface area contributed by atoms with E-state index < -0.39 is 81.1 Å². The highest BCUT2D eigenvalue weighted by Gasteiger charge is 2.70. The number of amides is 1. The number of primary amides is 1. The second kappa shape index (κ2) is 10.2. The number of nitrogens with two attached hydrogens (primary N) is 1. The first-order chi connectivity index (χ1) is 15.2. The fourth-order valence-electron chi connectivity index (χ4n) is 5.60. The first-order valence-corrected chi connectivity index (χ1v) is 10.1. The highest BCUT2D eigenvalue weighted by molar-refractivity contribution is 6.24. The standard InChI is InChI=1S/C22H24N2O9.4H2O/c1-21(32)7-5-4-6-8(25)9(7)15(26)10-12(21)17(28)13-14(24(2)3)16(27)11(20(23)31)19(30)22(13,33)18(10)29;;;;/h4-6,12-14,17,25-26,28,30,32-33H,1-3H3,(H2,23,31);4*1H2/t12-,13-,14+,17+,21-,22+;;;;/m1..../s1. The fraction of sp³-hybridized carbons (Fsp3) is 0.409. The highest BCUT2D eigenvalue weighted by atomic mass is 16.4. The van der Waals surface area contributed by atoms with Gasteiger partial charge < -0.3 is 58.3 Å². The summed E-state index contributed by atoms with van der Waals surface area (Å²) in [6, 6.07) is 2.50. The minimum absolute atomic E-state index is 0. The van der Waals surface area contributed by atoms with Crippen molar-refractivity contribution in [2.24, 2.45) is 17.6 Å². The Morgan fingerprint density at radius 2 is 1.57 bits per heavy atom. The summed E-state index contributed by atoms with van der Waals surface area (Å²) in [5.41, 5.74) is -1.78. The number of benzene rings is 1. The van der Waals surface area contributed by atoms with Gasteiger partial charge >= 0.3 is 0 Å². The molecule has 0 bridgehead atoms. The van der Waals surface area contributed by atoms with Crippen molar-refractivity contribution in [3.63, 3.8) is 0 Å². The molecule has 0 saturated heterocycles. The monoisotopic (exact) mass is 532 g/mol. The lowest BCUT2D eigenvalue weighted by Crippen LogP contribution is -2.71. The Balaban J connectivity index is 0.00000324. The maximum absolute atomic E-state index is 13.7. The molecular formula is C22H32N2O13. The van der Waals surface area contributed by atoms with Crippen LogP contribution in [0.15, 0.2) is 35.1 Å². The van der Waals surface area contributed by atoms with E-state index in [4.69, 9.17) is 5.73 Å². The largest absolute Gasteiger partial charge is 0.508 e. The van der Waals surface area contributed by atoms with Crippen molar-refractivity contribution in [3.05, 3.63) is 46.2 Å². The predicted octanol–water partition coefficient (Wildman–Crippen LogP) is -4.70. The minimum Gasteiger partial charge on any atom is -0.508 e. The van der Waals surface area contributed by atoms with Crippen LogP contribution in [-0.2, 0) is 20.0 Å². The maximum atomic E-state index is 13.7. The van der Waals surface area contributed by atoms with Crippen molar-refractivity contribution in [1.29, 1.82) is 0 Å². The van der Waals surface area contributed by atoms with Gasteiger partial charge in [0.25, 0.3) is 5.91 Å². The number of aliphatic hydroxyl groups excluding tert-OH is 3. The molecule has 1 fully saturated rings. The topological polar surface area (TPSA) is 328 Å². The molecule has 0 aromatic heterocycles. The molecule has 0 spiro atoms. The zero-order valence-electron chi connectivity index (χ0n) is 20.0. The molecule has 1 aromatic carbocycles. The predicted molar refractivity (Wildman–Crippen MR) is 126 cm³/mol. The number of hydrogen-bond acceptors (Lipinski definition) is 10. The molecule has 16 N–H and O–H groups in total. The van der Waals surface area contributed by atoms with Gasteiger partial charge in [-0.15, -0.1) is 0 Å². The van der Waals surface area contributed by atoms with Crippen molar-refractivity contribution in [2.45, 2.75) is 30.3 Å². The molecule has 37 heavy (non-hydrogen) atoms. The van der Waals surface area contributed by atoms with Crippen LogP contribution < -0.4 is 5.73 Å². The van der Waals surface area contributed by atoms with Gasteiger partial charge in [0.1, 0.15) is 22.8 Å². The fourth-order valence-corrected chi connectivity index (χ4v) is 5.60. The van der Waals surface area contributed by atoms with E-state index in [0.29, 0.717) is 0 Å². The molecule has 15 heteroatoms. The summed E-state index contributed by atoms with van der Waals surface area (Å²) in [5, 5.41) is 66.3. The molecule has 0 unspecified atom stereocenters. The summed E-state index contributed by atoms with van der Waals surface area (Å²) in [6.07, 6.45) is -1.87. The van der Waals surface area contributed by atoms with E-state index in [1.807, 2.05) is 0 Å². The molecule has 0 radical (unpaired) electrons. The summed E-state index contributed by atoms with van der Waals surface area (Å²) in [5.74, 6) is -9.67. The van der Waals surface area contributed by atoms with Crippen LogP contribution in [0.1, 0.15) is 18.1 Å². The number of likely N-dealkylation sites (N-methyl/N-ethyl adjacent to an activating group) is 1. The van der Waals surface area contributed by atoms with Gasteiger partial charge in [-0.05, 0) is 32.6 Å². The molecule has 3 aliphatic rings. The average Bonchev–Trinajstić information content (AvgIpc) is 2.70. The van der Waals surface area contributed by atoms with Crippen LogP contribution in [0.2, 0.25) is 0 Å². The van der Waals surface area contributed by atoms with E-state index in [1.165, 1.54) is 44.1 Å². The molecule has 0 aliphatic heterocycles. The number of phenolic OH excluding ortho intramolecular Hbond substituents is 1. The van der Waals surface area contributed by atoms with Crippen LogP contribution in [0.3, 0.4) is 0 Å². The van der Waals surface area contributed by atoms with Gasteiger partial charge in [0.2, 0.25) is 5.78 Å². The first-order valence-electron chi connectivity index (χ1n) is 10.1. The van der Waals surface area contributed by atoms with Crippen LogP contribution >= 0.6 is 0 Å². The zero-order valence-corrected chi connectivity index (χ0v) is 20.0. The molecule has 1 saturated carbocycles. The number of phenols is 1. The van der Waals surface area contributed by atoms with E-state index in [9.17, 15) is 45.0 Å². The second-order valence-electron chi connectivity index (χ2n) is 9.06. The van der Waals surface area contributed by atoms with E-state index >= 15 is 0 Å². The Morgan fingerprint density at radius 1 is 1.03 bits per heavy atom. The number of Topliss-reactive ketones (excluding diaryl/α,β-unsaturated/α-hetero) is 2. The molecule has 15 nitrogen and oxygen atoms in total. The summed E-state index contributed by atoms with van der Waals surface area (Å²) in [4.78, 5) is 39.9. The third-order valence-corrected chi connectivity index (χ3v) is 7.03. The number of carbonyl (C=O) groups is 3. The number of nitrogens with zero attached hydrogens (tertiary/aromatic N) is 1. The van der Waals surface area contributed by atoms with Crippen LogP contribution in [0, 0.1) is 11.8 Å². The number of ketones is 2. The van der Waals surface area contributed by atoms with Crippen LogP contribution in [0.25, 0.3) is 5.76 Å². The van der Waals surface area contributed by atoms with Crippen molar-refractivity contribution in [1.82, 2.24) is 4.90 Å². The number of rotatable bonds is 2. The normalized spacial score (nSPS) is 32.1. The molecular weight excluding hydrogens is 500 g/mol. The Labute approximate surface area is 209 Å². The lowest BCUT2D eigenvalue weighted by molar-refractivity contribution is -0.181. The number of carbonyl (C=O) groups excluding carboxylic acids is 3. The van der Waals surface area contributed by atoms with E-state index in [1.54, 1.807) is 0 Å². The summed E-state index contributed by atoms with van der Waals surface area (Å²) < 4.78 is 0. The van der Waals surface area contributed by atoms with Crippen LogP contribution in [0.4, 0.5) is 0 Å². The van der Waals surface area contributed by atoms with Gasteiger partial charge in [-0.1, -0.05) is 12.1 Å². The zero-order chi connectivity index (χ0) is 24.8. The summed E-state index contributed by atoms with van der Waals surface area (Å²) in [7, 11) is 2.80. The molecule has 1 amide bonds. The lowest BCUT2D eigenvalue weighted by Gasteiger charge is -2.55. The second-order valence-corrected chi connectivity index (χ2v) is 9.06. The number of fused-ring (bicyclic) bond motifs is 3. The van der Waals surface area contributed by atoms with Crippen molar-refractivity contribution in [3.8, 4) is 5.75 Å². The smallest absolute Gasteiger partial charge is 0.255 e. The van der Waals surface area contributed by atoms with Gasteiger partial charge in [-0.25, -0.2) is 0 Å². The molecule has 208 valence electrons. The van der Waals surface area contributed by atoms with Gasteiger partial charge in [-0.3, -0.25) is 19.3 Å². The molecule has 0 heterocycles. The maximum Gasteiger partial charge on any atom is 0.255 e. The van der Waals surface area contributed by atoms with Crippen molar-refractivity contribution < 1.29 is 66.9 Å². The van der Waals surface area contributed by atoms with Crippen molar-refractivity contribution in [2.75, 3.05) is 14.1 Å². The number of hydrogen-bond donors (Lipinski definition) is 7. The van der Waals surface area contributed by atoms with Gasteiger partial charge in [0.05, 0.1) is 40.7 Å². The SMILES string of the molecule is CN(C)[C@@H]1C(=O)C(C(N)=O)=C(O)[C@@]2(O)C(=O)C3=C(O)c4c(O)cccc4[C@@](C)(O)[C@H]3[C@H](O)[C@@H]12.O.O.O.O. The molecule has 6 atom stereocenters. The van der Waals surface area contributed by atoms with E-state index in [-0.39, 0.29) is 33.0 Å². The van der Waals surface area contributed by atoms with Crippen LogP contribution in [-0.4, -0.2) is 107 Å². The minimum atomic E-state index is -3.02.